The highest BCUT2D eigenvalue weighted by atomic mass is 32.2. The molecule has 7 rings (SSSR count). The minimum atomic E-state index is -5.73. The van der Waals surface area contributed by atoms with Gasteiger partial charge in [-0.25, -0.2) is 0 Å². The summed E-state index contributed by atoms with van der Waals surface area (Å²) in [5, 5.41) is 45.2. The number of nitrogens with one attached hydrogen (secondary N) is 4. The summed E-state index contributed by atoms with van der Waals surface area (Å²) in [5.74, 6) is -2.80. The Kier molecular flexibility index (Phi) is 15.5. The Morgan fingerprint density at radius 1 is 0.500 bits per heavy atom. The summed E-state index contributed by atoms with van der Waals surface area (Å²) in [5.41, 5.74) is 7.96. The van der Waals surface area contributed by atoms with E-state index in [0.717, 1.165) is 36.4 Å². The Hall–Kier alpha value is -8.11. The minimum absolute atomic E-state index is 0.103. The Bertz CT molecular complexity index is 4670. The first-order chi connectivity index (χ1) is 36.7. The Labute approximate surface area is 448 Å². The molecular weight excluding hydrogens is 1220 g/mol. The zero-order valence-electron chi connectivity index (χ0n) is 38.6. The maximum absolute atomic E-state index is 13.1. The lowest BCUT2D eigenvalue weighted by molar-refractivity contribution is -0.420. The summed E-state index contributed by atoms with van der Waals surface area (Å²) in [7, 11) is -37.4. The van der Waals surface area contributed by atoms with Crippen LogP contribution in [-0.4, -0.2) is 106 Å². The van der Waals surface area contributed by atoms with E-state index in [1.165, 1.54) is 12.1 Å². The lowest BCUT2D eigenvalue weighted by Gasteiger charge is -2.19. The van der Waals surface area contributed by atoms with Crippen LogP contribution >= 0.6 is 0 Å². The van der Waals surface area contributed by atoms with Crippen molar-refractivity contribution >= 4 is 138 Å². The Morgan fingerprint density at radius 3 is 1.61 bits per heavy atom. The smallest absolute Gasteiger partial charge is 0.297 e. The number of nitrogens with zero attached hydrogens (tertiary/aromatic N) is 5. The molecule has 0 atom stereocenters. The van der Waals surface area contributed by atoms with Crippen LogP contribution in [0.25, 0.3) is 21.5 Å². The number of nitrogen functional groups attached to an aromatic ring is 1. The lowest BCUT2D eigenvalue weighted by atomic mass is 10.0. The number of allylic oxidation sites excluding steroid dienone is 3. The van der Waals surface area contributed by atoms with E-state index in [1.807, 2.05) is 0 Å². The predicted molar refractivity (Wildman–Crippen MR) is 273 cm³/mol. The molecule has 0 amide bonds. The number of aromatic hydroxyl groups is 2. The molecule has 42 heteroatoms. The van der Waals surface area contributed by atoms with Crippen molar-refractivity contribution in [1.82, 2.24) is 0 Å². The second-order valence-electron chi connectivity index (χ2n) is 16.1. The molecular formula is C38H32N10O25S7. The number of rotatable bonds is 18. The van der Waals surface area contributed by atoms with Crippen molar-refractivity contribution < 1.29 is 106 Å². The third-order valence-corrected chi connectivity index (χ3v) is 17.3. The highest BCUT2D eigenvalue weighted by Gasteiger charge is 2.33. The standard InChI is InChI=1S/C38H32N10O25S7/c39-33-26(15-28(76(59,60)61)22-14-31(79(68,69)70)35(37(50)32(22)33)47-42-23-9-6-19(75(56,57)58)12-27(23)48(51)52)45-44-25-10-7-20-21(38(25)80(71,72)73)13-30(78(65,66)67)34(36(20)49)46-43-24-8-3-17(11-29(24)77(62,63)64)41-40-16-1-4-18(5-2-16)74(53,54)55/h1-5,7-8,10-15,40-41,43,46,49-50H,6,9,39H2,(H,53,54,55)(H,56,57,58)(H,59,60,61)(H,62,63,64)(H,65,66,67)(H,68,69,70)(H,71,72,73)/b45-44-,47-42?. The van der Waals surface area contributed by atoms with Gasteiger partial charge in [0, 0.05) is 28.7 Å². The molecule has 0 saturated carbocycles. The zero-order valence-corrected chi connectivity index (χ0v) is 44.4. The summed E-state index contributed by atoms with van der Waals surface area (Å²) in [6.07, 6.45) is -0.913. The van der Waals surface area contributed by atoms with Crippen molar-refractivity contribution in [3.63, 3.8) is 0 Å². The van der Waals surface area contributed by atoms with Crippen molar-refractivity contribution in [3.8, 4) is 11.5 Å². The monoisotopic (exact) mass is 1250 g/mol. The zero-order chi connectivity index (χ0) is 59.6. The van der Waals surface area contributed by atoms with Crippen molar-refractivity contribution in [2.75, 3.05) is 27.4 Å². The molecule has 0 heterocycles. The number of hydrogen-bond acceptors (Lipinski definition) is 27. The van der Waals surface area contributed by atoms with Crippen molar-refractivity contribution in [2.45, 2.75) is 42.2 Å². The second-order valence-corrected chi connectivity index (χ2v) is 25.9. The lowest BCUT2D eigenvalue weighted by Crippen LogP contribution is -2.16. The maximum Gasteiger partial charge on any atom is 0.297 e. The molecule has 0 unspecified atom stereocenters. The summed E-state index contributed by atoms with van der Waals surface area (Å²) >= 11 is 0. The van der Waals surface area contributed by atoms with Crippen LogP contribution in [0.4, 0.5) is 45.5 Å². The highest BCUT2D eigenvalue weighted by molar-refractivity contribution is 7.90. The number of phenolic OH excluding ortho intramolecular Hbond substituents is 2. The molecule has 6 aromatic carbocycles. The van der Waals surface area contributed by atoms with E-state index in [4.69, 9.17) is 5.73 Å². The SMILES string of the molecule is Nc1c(/N=N\c2ccc3c(O)c(NNc4ccc(NNc5ccc(S(=O)(=O)O)cc5)cc4S(=O)(=O)O)c(S(=O)(=O)O)cc3c2S(=O)(=O)O)cc(S(=O)(=O)O)c2cc(S(=O)(=O)O)c(N=NC3=C([N+](=O)[O-])C=C(S(=O)(=O)O)CC3)c(O)c12. The van der Waals surface area contributed by atoms with Crippen molar-refractivity contribution in [3.05, 3.63) is 105 Å². The third kappa shape index (κ3) is 12.5. The van der Waals surface area contributed by atoms with Gasteiger partial charge in [-0.3, -0.25) is 52.8 Å². The topological polar surface area (TPSA) is 588 Å². The number of azo groups is 2. The number of hydrazine groups is 2. The predicted octanol–water partition coefficient (Wildman–Crippen LogP) is 4.90. The van der Waals surface area contributed by atoms with Crippen LogP contribution in [-0.2, 0) is 70.8 Å². The van der Waals surface area contributed by atoms with Crippen LogP contribution in [0.5, 0.6) is 11.5 Å². The van der Waals surface area contributed by atoms with E-state index in [1.54, 1.807) is 0 Å². The molecule has 6 aromatic rings. The number of benzene rings is 6. The number of phenols is 2. The number of hydrogen-bond donors (Lipinski definition) is 14. The van der Waals surface area contributed by atoms with E-state index in [9.17, 15) is 111 Å². The Morgan fingerprint density at radius 2 is 1.06 bits per heavy atom. The molecule has 1 aliphatic rings. The van der Waals surface area contributed by atoms with Gasteiger partial charge in [-0.1, -0.05) is 0 Å². The van der Waals surface area contributed by atoms with E-state index < -0.39 is 201 Å². The molecule has 0 radical (unpaired) electrons. The largest absolute Gasteiger partial charge is 0.505 e. The summed E-state index contributed by atoms with van der Waals surface area (Å²) in [6.45, 7) is 0. The van der Waals surface area contributed by atoms with Crippen LogP contribution in [0.2, 0.25) is 0 Å². The molecule has 426 valence electrons. The van der Waals surface area contributed by atoms with Gasteiger partial charge in [0.05, 0.1) is 42.9 Å². The van der Waals surface area contributed by atoms with Crippen LogP contribution in [0.1, 0.15) is 12.8 Å². The first kappa shape index (κ1) is 59.5. The molecule has 0 saturated heterocycles. The first-order valence-corrected chi connectivity index (χ1v) is 30.7. The highest BCUT2D eigenvalue weighted by Crippen LogP contribution is 2.49. The quantitative estimate of drug-likeness (QED) is 0.0136. The van der Waals surface area contributed by atoms with Gasteiger partial charge < -0.3 is 26.8 Å². The number of anilines is 5. The van der Waals surface area contributed by atoms with Crippen LogP contribution in [0.3, 0.4) is 0 Å². The maximum atomic E-state index is 13.1. The molecule has 15 N–H and O–H groups in total. The van der Waals surface area contributed by atoms with Gasteiger partial charge in [-0.15, -0.1) is 20.5 Å². The minimum Gasteiger partial charge on any atom is -0.505 e. The van der Waals surface area contributed by atoms with E-state index in [2.05, 4.69) is 42.2 Å². The van der Waals surface area contributed by atoms with Crippen LogP contribution in [0, 0.1) is 10.1 Å². The average molecular weight is 1250 g/mol. The van der Waals surface area contributed by atoms with E-state index in [0.29, 0.717) is 24.3 Å². The van der Waals surface area contributed by atoms with Gasteiger partial charge in [0.25, 0.3) is 76.5 Å². The fourth-order valence-corrected chi connectivity index (χ4v) is 12.0. The first-order valence-electron chi connectivity index (χ1n) is 20.6. The van der Waals surface area contributed by atoms with Crippen LogP contribution < -0.4 is 27.4 Å². The average Bonchev–Trinajstić information content (AvgIpc) is 3.40. The van der Waals surface area contributed by atoms with Gasteiger partial charge in [-0.2, -0.15) is 58.9 Å². The third-order valence-electron chi connectivity index (χ3n) is 10.9. The van der Waals surface area contributed by atoms with Gasteiger partial charge in [0.15, 0.2) is 5.75 Å². The van der Waals surface area contributed by atoms with Gasteiger partial charge in [0.2, 0.25) is 0 Å². The summed E-state index contributed by atoms with van der Waals surface area (Å²) in [6, 6.07) is 9.78. The summed E-state index contributed by atoms with van der Waals surface area (Å²) in [4.78, 5) is 2.65. The van der Waals surface area contributed by atoms with Crippen molar-refractivity contribution in [1.29, 1.82) is 0 Å². The Balaban J connectivity index is 1.33. The van der Waals surface area contributed by atoms with Crippen LogP contribution in [0.15, 0.2) is 145 Å². The van der Waals surface area contributed by atoms with Gasteiger partial charge in [-0.05, 0) is 79.2 Å². The molecule has 0 aliphatic heterocycles. The normalized spacial score (nSPS) is 14.2. The van der Waals surface area contributed by atoms with E-state index in [-0.39, 0.29) is 17.4 Å². The number of fused-ring (bicyclic) bond motifs is 2. The second kappa shape index (κ2) is 20.8. The molecule has 0 fully saturated rings. The molecule has 1 aliphatic carbocycles. The number of nitrogens with two attached hydrogens (primary N) is 1. The molecule has 35 nitrogen and oxygen atoms in total. The van der Waals surface area contributed by atoms with Gasteiger partial charge >= 0.3 is 0 Å². The molecule has 80 heavy (non-hydrogen) atoms. The van der Waals surface area contributed by atoms with Gasteiger partial charge in [0.1, 0.15) is 58.7 Å². The fraction of sp³-hybridized carbons (Fsp3) is 0.0526. The molecule has 0 aromatic heterocycles. The van der Waals surface area contributed by atoms with Crippen molar-refractivity contribution in [2.24, 2.45) is 20.5 Å². The summed E-state index contributed by atoms with van der Waals surface area (Å²) < 4.78 is 243. The number of nitro groups is 1. The fourth-order valence-electron chi connectivity index (χ4n) is 7.42. The molecule has 0 bridgehead atoms. The molecule has 0 spiro atoms. The van der Waals surface area contributed by atoms with E-state index >= 15 is 0 Å².